The summed E-state index contributed by atoms with van der Waals surface area (Å²) in [6.07, 6.45) is 4.37. The first-order chi connectivity index (χ1) is 11.5. The van der Waals surface area contributed by atoms with Crippen LogP contribution in [0.2, 0.25) is 0 Å². The van der Waals surface area contributed by atoms with Crippen LogP contribution in [0, 0.1) is 13.7 Å². The second-order valence-electron chi connectivity index (χ2n) is 4.62. The Morgan fingerprint density at radius 1 is 1.29 bits per heavy atom. The van der Waals surface area contributed by atoms with Crippen molar-refractivity contribution in [2.45, 2.75) is 0 Å². The largest absolute Gasteiger partial charge is 0.321 e. The van der Waals surface area contributed by atoms with Gasteiger partial charge in [-0.05, 0) is 40.8 Å². The molecule has 1 amide bonds. The predicted molar refractivity (Wildman–Crippen MR) is 92.9 cm³/mol. The molecule has 0 atom stereocenters. The van der Waals surface area contributed by atoms with Gasteiger partial charge in [-0.15, -0.1) is 0 Å². The molecule has 0 fully saturated rings. The van der Waals surface area contributed by atoms with Gasteiger partial charge in [0.25, 0.3) is 11.6 Å². The highest BCUT2D eigenvalue weighted by atomic mass is 127. The molecule has 0 saturated heterocycles. The highest BCUT2D eigenvalue weighted by Gasteiger charge is 2.15. The van der Waals surface area contributed by atoms with E-state index in [1.54, 1.807) is 12.1 Å². The molecule has 0 spiro atoms. The zero-order chi connectivity index (χ0) is 17.1. The van der Waals surface area contributed by atoms with Gasteiger partial charge in [0.05, 0.1) is 22.4 Å². The maximum Gasteiger partial charge on any atom is 0.270 e. The average molecular weight is 436 g/mol. The third-order valence-electron chi connectivity index (χ3n) is 3.06. The summed E-state index contributed by atoms with van der Waals surface area (Å²) in [6.45, 7) is 0. The SMILES string of the molecule is O=C(Nc1ccc(-n2cncn2)nc1)c1cc([N+](=O)[O-])ccc1I. The minimum absolute atomic E-state index is 0.139. The second kappa shape index (κ2) is 6.70. The van der Waals surface area contributed by atoms with E-state index in [4.69, 9.17) is 0 Å². The number of pyridine rings is 1. The molecule has 0 aliphatic heterocycles. The van der Waals surface area contributed by atoms with E-state index in [1.807, 2.05) is 22.6 Å². The number of nitro benzene ring substituents is 1. The molecule has 2 heterocycles. The van der Waals surface area contributed by atoms with Crippen LogP contribution in [-0.2, 0) is 0 Å². The van der Waals surface area contributed by atoms with Crippen LogP contribution in [-0.4, -0.2) is 30.6 Å². The molecule has 2 aromatic heterocycles. The molecule has 0 aliphatic carbocycles. The highest BCUT2D eigenvalue weighted by Crippen LogP contribution is 2.21. The van der Waals surface area contributed by atoms with Crippen LogP contribution in [0.1, 0.15) is 10.4 Å². The number of nitro groups is 1. The van der Waals surface area contributed by atoms with Crippen LogP contribution in [0.15, 0.2) is 49.2 Å². The number of rotatable bonds is 4. The first kappa shape index (κ1) is 16.0. The molecule has 0 saturated carbocycles. The van der Waals surface area contributed by atoms with E-state index in [-0.39, 0.29) is 11.3 Å². The van der Waals surface area contributed by atoms with Crippen molar-refractivity contribution in [3.63, 3.8) is 0 Å². The molecule has 3 aromatic rings. The molecule has 0 bridgehead atoms. The Bertz CT molecular complexity index is 895. The van der Waals surface area contributed by atoms with Crippen LogP contribution in [0.4, 0.5) is 11.4 Å². The van der Waals surface area contributed by atoms with E-state index in [2.05, 4.69) is 20.4 Å². The van der Waals surface area contributed by atoms with Gasteiger partial charge in [0.15, 0.2) is 5.82 Å². The monoisotopic (exact) mass is 436 g/mol. The number of benzene rings is 1. The molecular formula is C14H9IN6O3. The van der Waals surface area contributed by atoms with Crippen LogP contribution in [0.5, 0.6) is 0 Å². The number of amides is 1. The number of nitrogens with one attached hydrogen (secondary N) is 1. The first-order valence-electron chi connectivity index (χ1n) is 6.61. The van der Waals surface area contributed by atoms with E-state index >= 15 is 0 Å². The summed E-state index contributed by atoms with van der Waals surface area (Å²) < 4.78 is 2.10. The number of halogens is 1. The van der Waals surface area contributed by atoms with E-state index in [0.29, 0.717) is 15.1 Å². The van der Waals surface area contributed by atoms with Gasteiger partial charge in [0.1, 0.15) is 12.7 Å². The predicted octanol–water partition coefficient (Wildman–Crippen LogP) is 2.43. The van der Waals surface area contributed by atoms with Crippen molar-refractivity contribution in [2.75, 3.05) is 5.32 Å². The maximum absolute atomic E-state index is 12.3. The van der Waals surface area contributed by atoms with Crippen LogP contribution >= 0.6 is 22.6 Å². The number of hydrogen-bond acceptors (Lipinski definition) is 6. The number of aromatic nitrogens is 4. The second-order valence-corrected chi connectivity index (χ2v) is 5.78. The molecule has 0 radical (unpaired) electrons. The number of hydrogen-bond donors (Lipinski definition) is 1. The summed E-state index contributed by atoms with van der Waals surface area (Å²) in [5.74, 6) is 0.105. The van der Waals surface area contributed by atoms with E-state index in [0.717, 1.165) is 0 Å². The standard InChI is InChI=1S/C14H9IN6O3/c15-12-3-2-10(21(23)24)5-11(12)14(22)19-9-1-4-13(17-6-9)20-8-16-7-18-20/h1-8H,(H,19,22). The van der Waals surface area contributed by atoms with Crippen molar-refractivity contribution >= 4 is 39.9 Å². The maximum atomic E-state index is 12.3. The van der Waals surface area contributed by atoms with Gasteiger partial charge < -0.3 is 5.32 Å². The number of anilines is 1. The lowest BCUT2D eigenvalue weighted by Crippen LogP contribution is -2.14. The number of nitrogens with zero attached hydrogens (tertiary/aromatic N) is 5. The fourth-order valence-corrected chi connectivity index (χ4v) is 2.50. The highest BCUT2D eigenvalue weighted by molar-refractivity contribution is 14.1. The van der Waals surface area contributed by atoms with Crippen LogP contribution in [0.25, 0.3) is 5.82 Å². The molecule has 10 heteroatoms. The lowest BCUT2D eigenvalue weighted by Gasteiger charge is -2.07. The zero-order valence-corrected chi connectivity index (χ0v) is 14.1. The Morgan fingerprint density at radius 3 is 2.75 bits per heavy atom. The Labute approximate surface area is 149 Å². The molecule has 24 heavy (non-hydrogen) atoms. The normalized spacial score (nSPS) is 10.4. The summed E-state index contributed by atoms with van der Waals surface area (Å²) >= 11 is 1.95. The van der Waals surface area contributed by atoms with Crippen molar-refractivity contribution in [3.8, 4) is 5.82 Å². The summed E-state index contributed by atoms with van der Waals surface area (Å²) in [4.78, 5) is 30.6. The number of non-ortho nitro benzene ring substituents is 1. The molecule has 1 N–H and O–H groups in total. The fourth-order valence-electron chi connectivity index (χ4n) is 1.92. The van der Waals surface area contributed by atoms with Gasteiger partial charge in [-0.3, -0.25) is 14.9 Å². The van der Waals surface area contributed by atoms with Gasteiger partial charge in [-0.1, -0.05) is 0 Å². The Hall–Kier alpha value is -2.89. The van der Waals surface area contributed by atoms with Crippen molar-refractivity contribution in [1.82, 2.24) is 19.7 Å². The smallest absolute Gasteiger partial charge is 0.270 e. The third kappa shape index (κ3) is 3.37. The minimum Gasteiger partial charge on any atom is -0.321 e. The van der Waals surface area contributed by atoms with Gasteiger partial charge in [-0.25, -0.2) is 14.6 Å². The molecular weight excluding hydrogens is 427 g/mol. The molecule has 9 nitrogen and oxygen atoms in total. The Balaban J connectivity index is 1.80. The van der Waals surface area contributed by atoms with Crippen LogP contribution in [0.3, 0.4) is 0 Å². The van der Waals surface area contributed by atoms with Crippen molar-refractivity contribution in [2.24, 2.45) is 0 Å². The van der Waals surface area contributed by atoms with Crippen LogP contribution < -0.4 is 5.32 Å². The van der Waals surface area contributed by atoms with Gasteiger partial charge in [0, 0.05) is 15.7 Å². The third-order valence-corrected chi connectivity index (χ3v) is 4.01. The van der Waals surface area contributed by atoms with Gasteiger partial charge >= 0.3 is 0 Å². The van der Waals surface area contributed by atoms with Crippen molar-refractivity contribution < 1.29 is 9.72 Å². The molecule has 0 aliphatic rings. The van der Waals surface area contributed by atoms with Crippen molar-refractivity contribution in [3.05, 3.63) is 68.4 Å². The fraction of sp³-hybridized carbons (Fsp3) is 0. The number of carbonyl (C=O) groups excluding carboxylic acids is 1. The molecule has 0 unspecified atom stereocenters. The van der Waals surface area contributed by atoms with Crippen molar-refractivity contribution in [1.29, 1.82) is 0 Å². The summed E-state index contributed by atoms with van der Waals surface area (Å²) in [5, 5.41) is 17.5. The Morgan fingerprint density at radius 2 is 2.12 bits per heavy atom. The lowest BCUT2D eigenvalue weighted by molar-refractivity contribution is -0.384. The quantitative estimate of drug-likeness (QED) is 0.382. The average Bonchev–Trinajstić information content (AvgIpc) is 3.10. The van der Waals surface area contributed by atoms with E-state index in [9.17, 15) is 14.9 Å². The van der Waals surface area contributed by atoms with E-state index in [1.165, 1.54) is 41.7 Å². The molecule has 1 aromatic carbocycles. The zero-order valence-electron chi connectivity index (χ0n) is 12.0. The topological polar surface area (TPSA) is 116 Å². The summed E-state index contributed by atoms with van der Waals surface area (Å²) in [7, 11) is 0. The lowest BCUT2D eigenvalue weighted by atomic mass is 10.2. The summed E-state index contributed by atoms with van der Waals surface area (Å²) in [5.41, 5.74) is 0.552. The van der Waals surface area contributed by atoms with Gasteiger partial charge in [0.2, 0.25) is 0 Å². The summed E-state index contributed by atoms with van der Waals surface area (Å²) in [6, 6.07) is 7.45. The van der Waals surface area contributed by atoms with Gasteiger partial charge in [-0.2, -0.15) is 5.10 Å². The van der Waals surface area contributed by atoms with E-state index < -0.39 is 10.8 Å². The molecule has 3 rings (SSSR count). The molecule has 120 valence electrons. The minimum atomic E-state index is -0.540. The number of carbonyl (C=O) groups is 1. The Kier molecular flexibility index (Phi) is 4.46. The first-order valence-corrected chi connectivity index (χ1v) is 7.69.